The minimum absolute atomic E-state index is 0.242. The van der Waals surface area contributed by atoms with Crippen LogP contribution in [0.4, 0.5) is 4.39 Å². The highest BCUT2D eigenvalue weighted by atomic mass is 19.1. The predicted octanol–water partition coefficient (Wildman–Crippen LogP) is 0.819. The molecule has 104 valence electrons. The molecule has 0 radical (unpaired) electrons. The minimum Gasteiger partial charge on any atom is -0.379 e. The van der Waals surface area contributed by atoms with Gasteiger partial charge >= 0.3 is 0 Å². The molecule has 1 fully saturated rings. The molecule has 2 rings (SSSR count). The maximum Gasteiger partial charge on any atom is 0.274 e. The molecule has 0 unspecified atom stereocenters. The van der Waals surface area contributed by atoms with Crippen LogP contribution >= 0.6 is 0 Å². The molecule has 1 aliphatic heterocycles. The van der Waals surface area contributed by atoms with Crippen LogP contribution in [0.3, 0.4) is 0 Å². The summed E-state index contributed by atoms with van der Waals surface area (Å²) in [5, 5.41) is 0. The number of hydrogen-bond donors (Lipinski definition) is 1. The summed E-state index contributed by atoms with van der Waals surface area (Å²) >= 11 is 0. The van der Waals surface area contributed by atoms with E-state index in [2.05, 4.69) is 10.4 Å². The number of benzene rings is 1. The summed E-state index contributed by atoms with van der Waals surface area (Å²) in [4.78, 5) is 18.9. The van der Waals surface area contributed by atoms with Crippen LogP contribution in [-0.2, 0) is 9.57 Å². The van der Waals surface area contributed by atoms with Gasteiger partial charge in [0.2, 0.25) is 0 Å². The third-order valence-electron chi connectivity index (χ3n) is 2.86. The Morgan fingerprint density at radius 1 is 1.42 bits per heavy atom. The van der Waals surface area contributed by atoms with E-state index in [-0.39, 0.29) is 5.56 Å². The molecule has 6 heteroatoms. The molecule has 5 nitrogen and oxygen atoms in total. The Bertz CT molecular complexity index is 422. The predicted molar refractivity (Wildman–Crippen MR) is 67.1 cm³/mol. The largest absolute Gasteiger partial charge is 0.379 e. The lowest BCUT2D eigenvalue weighted by Gasteiger charge is -2.26. The summed E-state index contributed by atoms with van der Waals surface area (Å²) in [6.07, 6.45) is 0. The molecule has 0 spiro atoms. The van der Waals surface area contributed by atoms with Gasteiger partial charge in [0.05, 0.1) is 19.8 Å². The van der Waals surface area contributed by atoms with Gasteiger partial charge in [-0.25, -0.2) is 9.87 Å². The zero-order valence-electron chi connectivity index (χ0n) is 10.6. The molecular formula is C13H17FN2O3. The standard InChI is InChI=1S/C13H17FN2O3/c14-12-3-1-2-11(10-12)13(17)15-19-9-6-16-4-7-18-8-5-16/h1-3,10H,4-9H2,(H,15,17). The summed E-state index contributed by atoms with van der Waals surface area (Å²) in [5.74, 6) is -0.887. The third-order valence-corrected chi connectivity index (χ3v) is 2.86. The topological polar surface area (TPSA) is 50.8 Å². The highest BCUT2D eigenvalue weighted by Crippen LogP contribution is 2.03. The number of hydrogen-bond acceptors (Lipinski definition) is 4. The number of rotatable bonds is 5. The number of carbonyl (C=O) groups excluding carboxylic acids is 1. The van der Waals surface area contributed by atoms with Crippen molar-refractivity contribution < 1.29 is 18.8 Å². The van der Waals surface area contributed by atoms with Crippen molar-refractivity contribution >= 4 is 5.91 Å². The van der Waals surface area contributed by atoms with Gasteiger partial charge in [-0.3, -0.25) is 14.5 Å². The zero-order valence-corrected chi connectivity index (χ0v) is 10.6. The van der Waals surface area contributed by atoms with Crippen LogP contribution < -0.4 is 5.48 Å². The van der Waals surface area contributed by atoms with Gasteiger partial charge in [-0.2, -0.15) is 0 Å². The number of hydroxylamine groups is 1. The van der Waals surface area contributed by atoms with Gasteiger partial charge in [0.1, 0.15) is 5.82 Å². The lowest BCUT2D eigenvalue weighted by Crippen LogP contribution is -2.39. The van der Waals surface area contributed by atoms with Crippen LogP contribution in [-0.4, -0.2) is 50.3 Å². The molecule has 0 aliphatic carbocycles. The van der Waals surface area contributed by atoms with Crippen LogP contribution in [0, 0.1) is 5.82 Å². The molecule has 1 N–H and O–H groups in total. The van der Waals surface area contributed by atoms with E-state index in [9.17, 15) is 9.18 Å². The summed E-state index contributed by atoms with van der Waals surface area (Å²) in [5.41, 5.74) is 2.54. The summed E-state index contributed by atoms with van der Waals surface area (Å²) < 4.78 is 18.1. The average molecular weight is 268 g/mol. The number of amides is 1. The summed E-state index contributed by atoms with van der Waals surface area (Å²) in [6.45, 7) is 4.33. The van der Waals surface area contributed by atoms with Gasteiger partial charge < -0.3 is 4.74 Å². The van der Waals surface area contributed by atoms with Gasteiger partial charge in [-0.15, -0.1) is 0 Å². The second-order valence-electron chi connectivity index (χ2n) is 4.24. The molecule has 1 heterocycles. The Morgan fingerprint density at radius 3 is 2.95 bits per heavy atom. The number of carbonyl (C=O) groups is 1. The second-order valence-corrected chi connectivity index (χ2v) is 4.24. The van der Waals surface area contributed by atoms with Crippen molar-refractivity contribution in [3.05, 3.63) is 35.6 Å². The molecule has 1 aliphatic rings. The molecule has 1 aromatic rings. The molecule has 0 saturated carbocycles. The molecule has 19 heavy (non-hydrogen) atoms. The maximum absolute atomic E-state index is 12.9. The fourth-order valence-electron chi connectivity index (χ4n) is 1.80. The lowest BCUT2D eigenvalue weighted by molar-refractivity contribution is -0.00178. The first-order valence-corrected chi connectivity index (χ1v) is 6.23. The van der Waals surface area contributed by atoms with E-state index in [1.54, 1.807) is 0 Å². The lowest BCUT2D eigenvalue weighted by atomic mass is 10.2. The van der Waals surface area contributed by atoms with Crippen molar-refractivity contribution in [3.63, 3.8) is 0 Å². The van der Waals surface area contributed by atoms with Crippen LogP contribution in [0.15, 0.2) is 24.3 Å². The van der Waals surface area contributed by atoms with Crippen LogP contribution in [0.25, 0.3) is 0 Å². The summed E-state index contributed by atoms with van der Waals surface area (Å²) in [7, 11) is 0. The number of ether oxygens (including phenoxy) is 1. The molecular weight excluding hydrogens is 251 g/mol. The van der Waals surface area contributed by atoms with Gasteiger partial charge in [0, 0.05) is 25.2 Å². The fraction of sp³-hybridized carbons (Fsp3) is 0.462. The second kappa shape index (κ2) is 7.18. The van der Waals surface area contributed by atoms with E-state index < -0.39 is 11.7 Å². The van der Waals surface area contributed by atoms with Gasteiger partial charge in [-0.05, 0) is 18.2 Å². The van der Waals surface area contributed by atoms with Gasteiger partial charge in [0.15, 0.2) is 0 Å². The number of nitrogens with zero attached hydrogens (tertiary/aromatic N) is 1. The highest BCUT2D eigenvalue weighted by molar-refractivity contribution is 5.93. The molecule has 0 aromatic heterocycles. The summed E-state index contributed by atoms with van der Waals surface area (Å²) in [6, 6.07) is 5.47. The number of halogens is 1. The van der Waals surface area contributed by atoms with Crippen LogP contribution in [0.5, 0.6) is 0 Å². The van der Waals surface area contributed by atoms with Crippen molar-refractivity contribution in [2.24, 2.45) is 0 Å². The fourth-order valence-corrected chi connectivity index (χ4v) is 1.80. The van der Waals surface area contributed by atoms with Crippen LogP contribution in [0.1, 0.15) is 10.4 Å². The Labute approximate surface area is 111 Å². The van der Waals surface area contributed by atoms with Gasteiger partial charge in [0.25, 0.3) is 5.91 Å². The smallest absolute Gasteiger partial charge is 0.274 e. The maximum atomic E-state index is 12.9. The van der Waals surface area contributed by atoms with Crippen molar-refractivity contribution in [1.29, 1.82) is 0 Å². The SMILES string of the molecule is O=C(NOCCN1CCOCC1)c1cccc(F)c1. The van der Waals surface area contributed by atoms with Crippen LogP contribution in [0.2, 0.25) is 0 Å². The van der Waals surface area contributed by atoms with E-state index in [0.29, 0.717) is 6.61 Å². The Hall–Kier alpha value is -1.50. The highest BCUT2D eigenvalue weighted by Gasteiger charge is 2.10. The first-order chi connectivity index (χ1) is 9.25. The Kier molecular flexibility index (Phi) is 5.26. The average Bonchev–Trinajstić information content (AvgIpc) is 2.44. The minimum atomic E-state index is -0.444. The molecule has 1 aromatic carbocycles. The molecule has 0 bridgehead atoms. The normalized spacial score (nSPS) is 16.3. The first kappa shape index (κ1) is 13.9. The van der Waals surface area contributed by atoms with Crippen molar-refractivity contribution in [3.8, 4) is 0 Å². The van der Waals surface area contributed by atoms with E-state index in [1.165, 1.54) is 24.3 Å². The molecule has 1 saturated heterocycles. The Morgan fingerprint density at radius 2 is 2.21 bits per heavy atom. The van der Waals surface area contributed by atoms with E-state index in [1.807, 2.05) is 0 Å². The monoisotopic (exact) mass is 268 g/mol. The molecule has 0 atom stereocenters. The number of nitrogens with one attached hydrogen (secondary N) is 1. The van der Waals surface area contributed by atoms with Gasteiger partial charge in [-0.1, -0.05) is 6.07 Å². The zero-order chi connectivity index (χ0) is 13.5. The third kappa shape index (κ3) is 4.59. The number of morpholine rings is 1. The first-order valence-electron chi connectivity index (χ1n) is 6.23. The van der Waals surface area contributed by atoms with Crippen molar-refractivity contribution in [2.75, 3.05) is 39.5 Å². The van der Waals surface area contributed by atoms with E-state index in [4.69, 9.17) is 9.57 Å². The van der Waals surface area contributed by atoms with Crippen molar-refractivity contribution in [2.45, 2.75) is 0 Å². The van der Waals surface area contributed by atoms with E-state index in [0.717, 1.165) is 32.8 Å². The Balaban J connectivity index is 1.66. The molecule has 1 amide bonds. The van der Waals surface area contributed by atoms with E-state index >= 15 is 0 Å². The van der Waals surface area contributed by atoms with Crippen molar-refractivity contribution in [1.82, 2.24) is 10.4 Å². The quantitative estimate of drug-likeness (QED) is 0.634.